The fourth-order valence-electron chi connectivity index (χ4n) is 1.58. The quantitative estimate of drug-likeness (QED) is 0.666. The average Bonchev–Trinajstić information content (AvgIpc) is 2.48. The van der Waals surface area contributed by atoms with E-state index >= 15 is 0 Å². The van der Waals surface area contributed by atoms with Crippen LogP contribution in [0.5, 0.6) is 0 Å². The third-order valence-corrected chi connectivity index (χ3v) is 4.01. The molecule has 0 aromatic heterocycles. The summed E-state index contributed by atoms with van der Waals surface area (Å²) in [5.41, 5.74) is 0.271. The first-order chi connectivity index (χ1) is 7.45. The minimum Gasteiger partial charge on any atom is -0.465 e. The van der Waals surface area contributed by atoms with E-state index in [1.165, 1.54) is 25.3 Å². The van der Waals surface area contributed by atoms with E-state index in [4.69, 9.17) is 0 Å². The second-order valence-corrected chi connectivity index (χ2v) is 5.34. The largest absolute Gasteiger partial charge is 0.465 e. The third kappa shape index (κ3) is 1.51. The van der Waals surface area contributed by atoms with Gasteiger partial charge in [-0.05, 0) is 18.2 Å². The number of fused-ring (bicyclic) bond motifs is 1. The molecular weight excluding hydrogens is 232 g/mol. The van der Waals surface area contributed by atoms with Crippen LogP contribution in [0.15, 0.2) is 23.1 Å². The lowest BCUT2D eigenvalue weighted by Crippen LogP contribution is -2.04. The topological polar surface area (TPSA) is 77.5 Å². The first kappa shape index (κ1) is 10.8. The van der Waals surface area contributed by atoms with E-state index < -0.39 is 27.3 Å². The summed E-state index contributed by atoms with van der Waals surface area (Å²) in [7, 11) is -2.37. The number of Topliss-reactive ketones (excluding diaryl/α,β-unsaturated/α-hetero) is 1. The first-order valence-electron chi connectivity index (χ1n) is 4.44. The molecule has 2 rings (SSSR count). The summed E-state index contributed by atoms with van der Waals surface area (Å²) in [5.74, 6) is -1.59. The van der Waals surface area contributed by atoms with Crippen LogP contribution in [0.2, 0.25) is 0 Å². The van der Waals surface area contributed by atoms with E-state index in [1.807, 2.05) is 0 Å². The van der Waals surface area contributed by atoms with Crippen molar-refractivity contribution in [1.29, 1.82) is 0 Å². The van der Waals surface area contributed by atoms with E-state index in [0.717, 1.165) is 0 Å². The summed E-state index contributed by atoms with van der Waals surface area (Å²) in [6, 6.07) is 3.90. The van der Waals surface area contributed by atoms with Crippen molar-refractivity contribution in [2.75, 3.05) is 12.9 Å². The van der Waals surface area contributed by atoms with E-state index in [1.54, 1.807) is 0 Å². The molecular formula is C10H8O5S. The van der Waals surface area contributed by atoms with Gasteiger partial charge in [0.1, 0.15) is 5.75 Å². The summed E-state index contributed by atoms with van der Waals surface area (Å²) in [6.07, 6.45) is 0. The van der Waals surface area contributed by atoms with Gasteiger partial charge in [-0.2, -0.15) is 0 Å². The molecule has 0 saturated carbocycles. The highest BCUT2D eigenvalue weighted by Crippen LogP contribution is 2.26. The van der Waals surface area contributed by atoms with Gasteiger partial charge in [0.2, 0.25) is 0 Å². The Bertz CT molecular complexity index is 585. The molecule has 0 saturated heterocycles. The molecule has 0 fully saturated rings. The predicted molar refractivity (Wildman–Crippen MR) is 54.2 cm³/mol. The second kappa shape index (κ2) is 3.41. The van der Waals surface area contributed by atoms with E-state index in [0.29, 0.717) is 0 Å². The van der Waals surface area contributed by atoms with Crippen LogP contribution in [0.3, 0.4) is 0 Å². The predicted octanol–water partition coefficient (Wildman–Crippen LogP) is 0.443. The highest BCUT2D eigenvalue weighted by molar-refractivity contribution is 7.92. The highest BCUT2D eigenvalue weighted by atomic mass is 32.2. The molecule has 0 bridgehead atoms. The normalized spacial score (nSPS) is 16.9. The van der Waals surface area contributed by atoms with Crippen LogP contribution < -0.4 is 0 Å². The Hall–Kier alpha value is -1.69. The third-order valence-electron chi connectivity index (χ3n) is 2.36. The van der Waals surface area contributed by atoms with Crippen LogP contribution in [-0.2, 0) is 14.6 Å². The van der Waals surface area contributed by atoms with Crippen LogP contribution in [0.4, 0.5) is 0 Å². The molecule has 1 aliphatic rings. The zero-order valence-electron chi connectivity index (χ0n) is 8.39. The number of sulfone groups is 1. The molecule has 0 aliphatic carbocycles. The molecule has 5 nitrogen and oxygen atoms in total. The zero-order chi connectivity index (χ0) is 11.9. The molecule has 0 atom stereocenters. The Morgan fingerprint density at radius 1 is 1.38 bits per heavy atom. The Kier molecular flexibility index (Phi) is 2.31. The molecule has 0 N–H and O–H groups in total. The maximum absolute atomic E-state index is 11.6. The lowest BCUT2D eigenvalue weighted by molar-refractivity contribution is 0.0600. The summed E-state index contributed by atoms with van der Waals surface area (Å²) >= 11 is 0. The number of esters is 1. The molecule has 0 radical (unpaired) electrons. The molecule has 1 aliphatic heterocycles. The zero-order valence-corrected chi connectivity index (χ0v) is 9.21. The van der Waals surface area contributed by atoms with Gasteiger partial charge >= 0.3 is 5.97 Å². The Morgan fingerprint density at radius 3 is 2.69 bits per heavy atom. The van der Waals surface area contributed by atoms with Crippen LogP contribution in [0.25, 0.3) is 0 Å². The SMILES string of the molecule is COC(=O)c1ccc2c(c1)S(=O)(=O)CC2=O. The minimum absolute atomic E-state index is 0.0830. The molecule has 1 aromatic rings. The van der Waals surface area contributed by atoms with E-state index in [9.17, 15) is 18.0 Å². The lowest BCUT2D eigenvalue weighted by atomic mass is 10.1. The van der Waals surface area contributed by atoms with E-state index in [-0.39, 0.29) is 16.0 Å². The summed E-state index contributed by atoms with van der Waals surface area (Å²) in [6.45, 7) is 0. The average molecular weight is 240 g/mol. The molecule has 0 spiro atoms. The van der Waals surface area contributed by atoms with Crippen molar-refractivity contribution in [2.24, 2.45) is 0 Å². The van der Waals surface area contributed by atoms with Gasteiger partial charge in [-0.25, -0.2) is 13.2 Å². The number of hydrogen-bond donors (Lipinski definition) is 0. The van der Waals surface area contributed by atoms with Crippen LogP contribution in [-0.4, -0.2) is 33.0 Å². The fourth-order valence-corrected chi connectivity index (χ4v) is 3.06. The van der Waals surface area contributed by atoms with Crippen molar-refractivity contribution in [3.63, 3.8) is 0 Å². The number of carbonyl (C=O) groups excluding carboxylic acids is 2. The second-order valence-electron chi connectivity index (χ2n) is 3.38. The lowest BCUT2D eigenvalue weighted by Gasteiger charge is -2.01. The number of methoxy groups -OCH3 is 1. The number of ketones is 1. The van der Waals surface area contributed by atoms with Crippen LogP contribution in [0, 0.1) is 0 Å². The summed E-state index contributed by atoms with van der Waals surface area (Å²) in [5, 5.41) is 0. The van der Waals surface area contributed by atoms with Gasteiger partial charge in [0, 0.05) is 5.56 Å². The molecule has 0 unspecified atom stereocenters. The monoisotopic (exact) mass is 240 g/mol. The number of carbonyl (C=O) groups is 2. The summed E-state index contributed by atoms with van der Waals surface area (Å²) in [4.78, 5) is 22.5. The number of rotatable bonds is 1. The Labute approximate surface area is 91.9 Å². The smallest absolute Gasteiger partial charge is 0.337 e. The minimum atomic E-state index is -3.58. The van der Waals surface area contributed by atoms with Gasteiger partial charge < -0.3 is 4.74 Å². The van der Waals surface area contributed by atoms with Crippen molar-refractivity contribution >= 4 is 21.6 Å². The number of ether oxygens (including phenoxy) is 1. The van der Waals surface area contributed by atoms with Gasteiger partial charge in [0.15, 0.2) is 15.6 Å². The number of benzene rings is 1. The molecule has 16 heavy (non-hydrogen) atoms. The van der Waals surface area contributed by atoms with Crippen molar-refractivity contribution in [3.05, 3.63) is 29.3 Å². The molecule has 1 aromatic carbocycles. The first-order valence-corrected chi connectivity index (χ1v) is 6.09. The van der Waals surface area contributed by atoms with Gasteiger partial charge in [-0.15, -0.1) is 0 Å². The van der Waals surface area contributed by atoms with Crippen molar-refractivity contribution in [1.82, 2.24) is 0 Å². The maximum atomic E-state index is 11.6. The molecule has 84 valence electrons. The summed E-state index contributed by atoms with van der Waals surface area (Å²) < 4.78 is 27.6. The molecule has 6 heteroatoms. The Balaban J connectivity index is 2.64. The van der Waals surface area contributed by atoms with Crippen molar-refractivity contribution < 1.29 is 22.7 Å². The van der Waals surface area contributed by atoms with Gasteiger partial charge in [-0.3, -0.25) is 4.79 Å². The standard InChI is InChI=1S/C10H8O5S/c1-15-10(12)6-2-3-7-8(11)5-16(13,14)9(7)4-6/h2-4H,5H2,1H3. The Morgan fingerprint density at radius 2 is 2.06 bits per heavy atom. The van der Waals surface area contributed by atoms with Crippen molar-refractivity contribution in [3.8, 4) is 0 Å². The maximum Gasteiger partial charge on any atom is 0.337 e. The fraction of sp³-hybridized carbons (Fsp3) is 0.200. The molecule has 0 amide bonds. The van der Waals surface area contributed by atoms with Gasteiger partial charge in [-0.1, -0.05) is 0 Å². The molecule has 1 heterocycles. The van der Waals surface area contributed by atoms with Crippen LogP contribution in [0.1, 0.15) is 20.7 Å². The van der Waals surface area contributed by atoms with E-state index in [2.05, 4.69) is 4.74 Å². The van der Waals surface area contributed by atoms with Gasteiger partial charge in [0.25, 0.3) is 0 Å². The van der Waals surface area contributed by atoms with Crippen molar-refractivity contribution in [2.45, 2.75) is 4.90 Å². The highest BCUT2D eigenvalue weighted by Gasteiger charge is 2.33. The number of hydrogen-bond acceptors (Lipinski definition) is 5. The van der Waals surface area contributed by atoms with Crippen LogP contribution >= 0.6 is 0 Å². The van der Waals surface area contributed by atoms with Gasteiger partial charge in [0.05, 0.1) is 17.6 Å².